The quantitative estimate of drug-likeness (QED) is 0.542. The molecule has 2 unspecified atom stereocenters. The first-order chi connectivity index (χ1) is 16.5. The fourth-order valence-electron chi connectivity index (χ4n) is 4.31. The number of hydrogen-bond donors (Lipinski definition) is 1. The van der Waals surface area contributed by atoms with Gasteiger partial charge in [-0.25, -0.2) is 0 Å². The number of fused-ring (bicyclic) bond motifs is 1. The molecule has 34 heavy (non-hydrogen) atoms. The van der Waals surface area contributed by atoms with Gasteiger partial charge in [-0.05, 0) is 66.4 Å². The molecule has 2 atom stereocenters. The maximum Gasteiger partial charge on any atom is 0.265 e. The molecule has 0 aliphatic carbocycles. The summed E-state index contributed by atoms with van der Waals surface area (Å²) in [5, 5.41) is 2.87. The molecule has 1 aliphatic heterocycles. The lowest BCUT2D eigenvalue weighted by Crippen LogP contribution is -2.40. The summed E-state index contributed by atoms with van der Waals surface area (Å²) >= 11 is 0. The number of benzene rings is 3. The van der Waals surface area contributed by atoms with Gasteiger partial charge in [0.1, 0.15) is 11.5 Å². The molecular formula is C28H30N2O4. The van der Waals surface area contributed by atoms with Crippen LogP contribution >= 0.6 is 0 Å². The zero-order chi connectivity index (χ0) is 24.1. The zero-order valence-electron chi connectivity index (χ0n) is 19.8. The molecule has 2 amide bonds. The van der Waals surface area contributed by atoms with Crippen molar-refractivity contribution in [1.82, 2.24) is 4.90 Å². The van der Waals surface area contributed by atoms with E-state index >= 15 is 0 Å². The lowest BCUT2D eigenvalue weighted by Gasteiger charge is -2.38. The Morgan fingerprint density at radius 1 is 1.03 bits per heavy atom. The van der Waals surface area contributed by atoms with Crippen molar-refractivity contribution in [3.05, 3.63) is 89.5 Å². The van der Waals surface area contributed by atoms with Gasteiger partial charge in [0.05, 0.1) is 13.2 Å². The third-order valence-electron chi connectivity index (χ3n) is 6.12. The van der Waals surface area contributed by atoms with Crippen LogP contribution in [0.15, 0.2) is 72.8 Å². The highest BCUT2D eigenvalue weighted by atomic mass is 16.5. The molecule has 0 aromatic heterocycles. The van der Waals surface area contributed by atoms with Crippen LogP contribution in [0.2, 0.25) is 0 Å². The fraction of sp³-hybridized carbons (Fsp3) is 0.286. The summed E-state index contributed by atoms with van der Waals surface area (Å²) in [6.45, 7) is 4.29. The van der Waals surface area contributed by atoms with E-state index in [0.717, 1.165) is 23.3 Å². The molecular weight excluding hydrogens is 428 g/mol. The van der Waals surface area contributed by atoms with E-state index in [4.69, 9.17) is 9.47 Å². The number of hydrogen-bond acceptors (Lipinski definition) is 4. The molecule has 3 aromatic rings. The molecule has 0 saturated carbocycles. The predicted molar refractivity (Wildman–Crippen MR) is 132 cm³/mol. The van der Waals surface area contributed by atoms with Crippen molar-refractivity contribution in [3.63, 3.8) is 0 Å². The molecule has 0 fully saturated rings. The summed E-state index contributed by atoms with van der Waals surface area (Å²) in [6, 6.07) is 22.9. The molecule has 0 spiro atoms. The number of nitrogens with one attached hydrogen (secondary N) is 1. The minimum Gasteiger partial charge on any atom is -0.497 e. The fourth-order valence-corrected chi connectivity index (χ4v) is 4.31. The number of carbonyl (C=O) groups is 2. The minimum absolute atomic E-state index is 0.123. The molecule has 4 rings (SSSR count). The number of ether oxygens (including phenoxy) is 2. The average molecular weight is 459 g/mol. The van der Waals surface area contributed by atoms with Crippen LogP contribution in [0.4, 0.5) is 5.69 Å². The van der Waals surface area contributed by atoms with E-state index in [0.29, 0.717) is 24.4 Å². The summed E-state index contributed by atoms with van der Waals surface area (Å²) in [5.74, 6) is 1.20. The van der Waals surface area contributed by atoms with Crippen molar-refractivity contribution in [2.45, 2.75) is 38.8 Å². The molecule has 0 radical (unpaired) electrons. The largest absolute Gasteiger partial charge is 0.497 e. The van der Waals surface area contributed by atoms with E-state index in [9.17, 15) is 9.59 Å². The maximum atomic E-state index is 12.8. The second kappa shape index (κ2) is 10.4. The van der Waals surface area contributed by atoms with E-state index in [1.54, 1.807) is 38.3 Å². The SMILES string of the molecule is CCC(=O)N1CCc2ccc(OC(C)C(=O)Nc3ccc(OC)cc3)cc2C1c1ccccc1. The molecule has 6 heteroatoms. The van der Waals surface area contributed by atoms with E-state index < -0.39 is 6.10 Å². The molecule has 6 nitrogen and oxygen atoms in total. The molecule has 0 saturated heterocycles. The third-order valence-corrected chi connectivity index (χ3v) is 6.12. The van der Waals surface area contributed by atoms with Crippen LogP contribution in [0.3, 0.4) is 0 Å². The molecule has 0 bridgehead atoms. The van der Waals surface area contributed by atoms with Gasteiger partial charge in [0.2, 0.25) is 5.91 Å². The van der Waals surface area contributed by atoms with Gasteiger partial charge in [-0.3, -0.25) is 9.59 Å². The van der Waals surface area contributed by atoms with Gasteiger partial charge in [0.25, 0.3) is 5.91 Å². The highest BCUT2D eigenvalue weighted by Crippen LogP contribution is 2.37. The van der Waals surface area contributed by atoms with E-state index in [1.807, 2.05) is 60.4 Å². The van der Waals surface area contributed by atoms with Crippen LogP contribution in [0.1, 0.15) is 43.0 Å². The van der Waals surface area contributed by atoms with Gasteiger partial charge in [-0.1, -0.05) is 43.3 Å². The van der Waals surface area contributed by atoms with E-state index in [1.165, 1.54) is 5.56 Å². The Bertz CT molecular complexity index is 1140. The average Bonchev–Trinajstić information content (AvgIpc) is 2.88. The normalized spacial score (nSPS) is 15.7. The predicted octanol–water partition coefficient (Wildman–Crippen LogP) is 4.99. The monoisotopic (exact) mass is 458 g/mol. The van der Waals surface area contributed by atoms with Gasteiger partial charge >= 0.3 is 0 Å². The number of nitrogens with zero attached hydrogens (tertiary/aromatic N) is 1. The summed E-state index contributed by atoms with van der Waals surface area (Å²) in [5.41, 5.74) is 3.97. The molecule has 1 heterocycles. The van der Waals surface area contributed by atoms with Crippen LogP contribution in [-0.4, -0.2) is 36.5 Å². The van der Waals surface area contributed by atoms with Gasteiger partial charge in [-0.15, -0.1) is 0 Å². The van der Waals surface area contributed by atoms with Crippen molar-refractivity contribution in [3.8, 4) is 11.5 Å². The summed E-state index contributed by atoms with van der Waals surface area (Å²) in [4.78, 5) is 27.4. The topological polar surface area (TPSA) is 67.9 Å². The third kappa shape index (κ3) is 5.06. The van der Waals surface area contributed by atoms with Crippen molar-refractivity contribution >= 4 is 17.5 Å². The first-order valence-corrected chi connectivity index (χ1v) is 11.6. The first kappa shape index (κ1) is 23.4. The smallest absolute Gasteiger partial charge is 0.265 e. The lowest BCUT2D eigenvalue weighted by molar-refractivity contribution is -0.133. The second-order valence-corrected chi connectivity index (χ2v) is 8.34. The molecule has 1 N–H and O–H groups in total. The van der Waals surface area contributed by atoms with Crippen LogP contribution in [0.5, 0.6) is 11.5 Å². The molecule has 1 aliphatic rings. The van der Waals surface area contributed by atoms with Crippen LogP contribution in [0, 0.1) is 0 Å². The lowest BCUT2D eigenvalue weighted by atomic mass is 9.87. The maximum absolute atomic E-state index is 12.8. The van der Waals surface area contributed by atoms with E-state index in [2.05, 4.69) is 5.32 Å². The van der Waals surface area contributed by atoms with Gasteiger partial charge in [0.15, 0.2) is 6.10 Å². The van der Waals surface area contributed by atoms with Crippen LogP contribution in [0.25, 0.3) is 0 Å². The van der Waals surface area contributed by atoms with Crippen molar-refractivity contribution in [2.75, 3.05) is 19.0 Å². The Kier molecular flexibility index (Phi) is 7.16. The van der Waals surface area contributed by atoms with Gasteiger partial charge < -0.3 is 19.7 Å². The summed E-state index contributed by atoms with van der Waals surface area (Å²) in [6.07, 6.45) is 0.544. The van der Waals surface area contributed by atoms with Gasteiger partial charge in [0, 0.05) is 18.7 Å². The Balaban J connectivity index is 1.55. The Labute approximate surface area is 200 Å². The van der Waals surface area contributed by atoms with Crippen LogP contribution < -0.4 is 14.8 Å². The zero-order valence-corrected chi connectivity index (χ0v) is 19.8. The summed E-state index contributed by atoms with van der Waals surface area (Å²) < 4.78 is 11.2. The summed E-state index contributed by atoms with van der Waals surface area (Å²) in [7, 11) is 1.60. The Morgan fingerprint density at radius 3 is 2.41 bits per heavy atom. The first-order valence-electron chi connectivity index (χ1n) is 11.6. The van der Waals surface area contributed by atoms with Crippen molar-refractivity contribution in [2.24, 2.45) is 0 Å². The molecule has 176 valence electrons. The number of amides is 2. The second-order valence-electron chi connectivity index (χ2n) is 8.34. The standard InChI is InChI=1S/C28H30N2O4/c1-4-26(31)30-17-16-20-10-13-24(18-25(20)27(30)21-8-6-5-7-9-21)34-19(2)28(32)29-22-11-14-23(33-3)15-12-22/h5-15,18-19,27H,4,16-17H2,1-3H3,(H,29,32). The van der Waals surface area contributed by atoms with Crippen LogP contribution in [-0.2, 0) is 16.0 Å². The number of methoxy groups -OCH3 is 1. The number of anilines is 1. The van der Waals surface area contributed by atoms with Gasteiger partial charge in [-0.2, -0.15) is 0 Å². The minimum atomic E-state index is -0.702. The molecule has 3 aromatic carbocycles. The highest BCUT2D eigenvalue weighted by molar-refractivity contribution is 5.94. The Hall–Kier alpha value is -3.80. The van der Waals surface area contributed by atoms with E-state index in [-0.39, 0.29) is 17.9 Å². The number of carbonyl (C=O) groups excluding carboxylic acids is 2. The Morgan fingerprint density at radius 2 is 1.74 bits per heavy atom. The number of rotatable bonds is 7. The van der Waals surface area contributed by atoms with Crippen molar-refractivity contribution in [1.29, 1.82) is 0 Å². The van der Waals surface area contributed by atoms with Crippen molar-refractivity contribution < 1.29 is 19.1 Å². The highest BCUT2D eigenvalue weighted by Gasteiger charge is 2.31.